The number of rotatable bonds is 2. The normalized spacial score (nSPS) is 10.7. The van der Waals surface area contributed by atoms with E-state index in [1.807, 2.05) is 0 Å². The van der Waals surface area contributed by atoms with Gasteiger partial charge in [0.2, 0.25) is 0 Å². The van der Waals surface area contributed by atoms with Crippen molar-refractivity contribution in [3.8, 4) is 0 Å². The Labute approximate surface area is 91.7 Å². The number of H-pyrrole nitrogens is 1. The van der Waals surface area contributed by atoms with Gasteiger partial charge in [0, 0.05) is 11.8 Å². The summed E-state index contributed by atoms with van der Waals surface area (Å²) in [5.41, 5.74) is 0.269. The first kappa shape index (κ1) is 9.91. The lowest BCUT2D eigenvalue weighted by molar-refractivity contribution is -0.136. The molecule has 0 saturated heterocycles. The lowest BCUT2D eigenvalue weighted by Crippen LogP contribution is -2.18. The summed E-state index contributed by atoms with van der Waals surface area (Å²) in [4.78, 5) is 24.5. The van der Waals surface area contributed by atoms with Crippen LogP contribution in [0.25, 0.3) is 5.65 Å². The number of halogens is 1. The Bertz CT molecular complexity index is 586. The van der Waals surface area contributed by atoms with Crippen LogP contribution in [-0.4, -0.2) is 25.7 Å². The van der Waals surface area contributed by atoms with E-state index in [0.717, 1.165) is 0 Å². The van der Waals surface area contributed by atoms with Crippen LogP contribution >= 0.6 is 15.9 Å². The van der Waals surface area contributed by atoms with Gasteiger partial charge < -0.3 is 10.1 Å². The zero-order valence-electron chi connectivity index (χ0n) is 7.40. The van der Waals surface area contributed by atoms with Gasteiger partial charge in [-0.1, -0.05) is 0 Å². The van der Waals surface area contributed by atoms with Crippen LogP contribution in [0.5, 0.6) is 0 Å². The van der Waals surface area contributed by atoms with Crippen LogP contribution in [0.1, 0.15) is 5.56 Å². The van der Waals surface area contributed by atoms with Gasteiger partial charge in [-0.3, -0.25) is 9.59 Å². The predicted octanol–water partition coefficient (Wildman–Crippen LogP) is 0.412. The molecule has 2 aromatic heterocycles. The van der Waals surface area contributed by atoms with Crippen molar-refractivity contribution in [2.24, 2.45) is 0 Å². The summed E-state index contributed by atoms with van der Waals surface area (Å²) in [6, 6.07) is 0. The average molecular weight is 272 g/mol. The van der Waals surface area contributed by atoms with Gasteiger partial charge in [-0.15, -0.1) is 0 Å². The van der Waals surface area contributed by atoms with E-state index in [9.17, 15) is 9.59 Å². The number of carboxylic acids is 1. The number of aromatic amines is 1. The minimum absolute atomic E-state index is 0.172. The van der Waals surface area contributed by atoms with E-state index in [-0.39, 0.29) is 12.0 Å². The third kappa shape index (κ3) is 1.78. The maximum absolute atomic E-state index is 11.4. The van der Waals surface area contributed by atoms with E-state index in [1.54, 1.807) is 0 Å². The number of nitrogens with zero attached hydrogens (tertiary/aromatic N) is 2. The zero-order chi connectivity index (χ0) is 11.0. The number of hydrogen-bond donors (Lipinski definition) is 2. The number of hydrogen-bond acceptors (Lipinski definition) is 3. The van der Waals surface area contributed by atoms with Gasteiger partial charge in [0.1, 0.15) is 5.65 Å². The lowest BCUT2D eigenvalue weighted by Gasteiger charge is -1.98. The van der Waals surface area contributed by atoms with Gasteiger partial charge in [0.25, 0.3) is 5.56 Å². The fourth-order valence-corrected chi connectivity index (χ4v) is 1.61. The quantitative estimate of drug-likeness (QED) is 0.829. The van der Waals surface area contributed by atoms with Gasteiger partial charge in [-0.05, 0) is 15.9 Å². The van der Waals surface area contributed by atoms with E-state index in [0.29, 0.717) is 10.1 Å². The Morgan fingerprint density at radius 1 is 1.67 bits per heavy atom. The number of carbonyl (C=O) groups is 1. The van der Waals surface area contributed by atoms with Gasteiger partial charge in [-0.2, -0.15) is 5.10 Å². The van der Waals surface area contributed by atoms with Gasteiger partial charge in [0.05, 0.1) is 17.1 Å². The molecule has 0 aliphatic carbocycles. The third-order valence-electron chi connectivity index (χ3n) is 1.89. The van der Waals surface area contributed by atoms with Crippen LogP contribution in [0.4, 0.5) is 0 Å². The molecule has 2 heterocycles. The van der Waals surface area contributed by atoms with Crippen LogP contribution in [0, 0.1) is 0 Å². The second-order valence-corrected chi connectivity index (χ2v) is 3.82. The van der Waals surface area contributed by atoms with E-state index < -0.39 is 11.5 Å². The first-order valence-corrected chi connectivity index (χ1v) is 4.84. The minimum atomic E-state index is -1.05. The standard InChI is InChI=1S/C8H6BrN3O3/c9-5-2-10-12-3-4(1-6(13)14)8(15)11-7(5)12/h2-3H,1H2,(H,11,15)(H,13,14). The molecule has 0 aliphatic heterocycles. The highest BCUT2D eigenvalue weighted by molar-refractivity contribution is 9.10. The van der Waals surface area contributed by atoms with Gasteiger partial charge in [-0.25, -0.2) is 4.52 Å². The van der Waals surface area contributed by atoms with Crippen molar-refractivity contribution in [2.45, 2.75) is 6.42 Å². The van der Waals surface area contributed by atoms with Crippen molar-refractivity contribution in [1.82, 2.24) is 14.6 Å². The largest absolute Gasteiger partial charge is 0.481 e. The molecule has 2 N–H and O–H groups in total. The molecule has 0 bridgehead atoms. The van der Waals surface area contributed by atoms with Gasteiger partial charge >= 0.3 is 5.97 Å². The summed E-state index contributed by atoms with van der Waals surface area (Å²) in [5.74, 6) is -1.05. The highest BCUT2D eigenvalue weighted by Crippen LogP contribution is 2.13. The fraction of sp³-hybridized carbons (Fsp3) is 0.125. The summed E-state index contributed by atoms with van der Waals surface area (Å²) in [6.07, 6.45) is 2.62. The second kappa shape index (κ2) is 3.50. The highest BCUT2D eigenvalue weighted by atomic mass is 79.9. The third-order valence-corrected chi connectivity index (χ3v) is 2.47. The van der Waals surface area contributed by atoms with E-state index >= 15 is 0 Å². The predicted molar refractivity (Wildman–Crippen MR) is 54.9 cm³/mol. The molecule has 0 spiro atoms. The van der Waals surface area contributed by atoms with Crippen LogP contribution in [-0.2, 0) is 11.2 Å². The van der Waals surface area contributed by atoms with Gasteiger partial charge in [0.15, 0.2) is 0 Å². The summed E-state index contributed by atoms with van der Waals surface area (Å²) >= 11 is 3.21. The van der Waals surface area contributed by atoms with E-state index in [2.05, 4.69) is 26.0 Å². The Morgan fingerprint density at radius 3 is 3.07 bits per heavy atom. The molecule has 0 aromatic carbocycles. The summed E-state index contributed by atoms with van der Waals surface area (Å²) in [5, 5.41) is 12.5. The number of fused-ring (bicyclic) bond motifs is 1. The Hall–Kier alpha value is -1.63. The number of aliphatic carboxylic acids is 1. The Kier molecular flexibility index (Phi) is 2.31. The molecule has 2 rings (SSSR count). The summed E-state index contributed by atoms with van der Waals surface area (Å²) in [7, 11) is 0. The molecular weight excluding hydrogens is 266 g/mol. The zero-order valence-corrected chi connectivity index (χ0v) is 8.98. The maximum atomic E-state index is 11.4. The molecule has 0 aliphatic rings. The number of carboxylic acid groups (broad SMARTS) is 1. The molecule has 7 heteroatoms. The summed E-state index contributed by atoms with van der Waals surface area (Å²) < 4.78 is 2.07. The molecule has 0 radical (unpaired) electrons. The van der Waals surface area contributed by atoms with Crippen molar-refractivity contribution in [2.75, 3.05) is 0 Å². The average Bonchev–Trinajstić information content (AvgIpc) is 2.48. The van der Waals surface area contributed by atoms with E-state index in [4.69, 9.17) is 5.11 Å². The Morgan fingerprint density at radius 2 is 2.40 bits per heavy atom. The smallest absolute Gasteiger partial charge is 0.308 e. The van der Waals surface area contributed by atoms with Crippen molar-refractivity contribution < 1.29 is 9.90 Å². The molecule has 6 nitrogen and oxygen atoms in total. The van der Waals surface area contributed by atoms with Crippen LogP contribution in [0.2, 0.25) is 0 Å². The van der Waals surface area contributed by atoms with Crippen LogP contribution < -0.4 is 5.56 Å². The lowest BCUT2D eigenvalue weighted by atomic mass is 10.2. The SMILES string of the molecule is O=C(O)Cc1cn2ncc(Br)c2[nH]c1=O. The topological polar surface area (TPSA) is 87.5 Å². The Balaban J connectivity index is 2.63. The highest BCUT2D eigenvalue weighted by Gasteiger charge is 2.09. The first-order valence-electron chi connectivity index (χ1n) is 4.05. The molecule has 78 valence electrons. The minimum Gasteiger partial charge on any atom is -0.481 e. The number of aromatic nitrogens is 3. The molecule has 15 heavy (non-hydrogen) atoms. The van der Waals surface area contributed by atoms with E-state index in [1.165, 1.54) is 16.9 Å². The molecule has 0 fully saturated rings. The molecular formula is C8H6BrN3O3. The molecule has 0 unspecified atom stereocenters. The molecule has 0 saturated carbocycles. The fourth-order valence-electron chi connectivity index (χ4n) is 1.24. The summed E-state index contributed by atoms with van der Waals surface area (Å²) in [6.45, 7) is 0. The van der Waals surface area contributed by atoms with Crippen molar-refractivity contribution in [3.05, 3.63) is 32.8 Å². The first-order chi connectivity index (χ1) is 7.08. The maximum Gasteiger partial charge on any atom is 0.308 e. The molecule has 0 atom stereocenters. The van der Waals surface area contributed by atoms with Crippen molar-refractivity contribution in [3.63, 3.8) is 0 Å². The monoisotopic (exact) mass is 271 g/mol. The number of nitrogens with one attached hydrogen (secondary N) is 1. The van der Waals surface area contributed by atoms with Crippen molar-refractivity contribution in [1.29, 1.82) is 0 Å². The second-order valence-electron chi connectivity index (χ2n) is 2.96. The molecule has 0 amide bonds. The molecule has 2 aromatic rings. The van der Waals surface area contributed by atoms with Crippen molar-refractivity contribution >= 4 is 27.5 Å². The van der Waals surface area contributed by atoms with Crippen LogP contribution in [0.15, 0.2) is 21.7 Å². The van der Waals surface area contributed by atoms with Crippen LogP contribution in [0.3, 0.4) is 0 Å².